The summed E-state index contributed by atoms with van der Waals surface area (Å²) < 4.78 is 18.8. The lowest BCUT2D eigenvalue weighted by molar-refractivity contribution is 0.364. The van der Waals surface area contributed by atoms with Crippen LogP contribution in [0, 0.1) is 0 Å². The van der Waals surface area contributed by atoms with Crippen molar-refractivity contribution in [3.63, 3.8) is 0 Å². The minimum atomic E-state index is -1.61. The van der Waals surface area contributed by atoms with Crippen molar-refractivity contribution in [2.45, 2.75) is 6.61 Å². The highest BCUT2D eigenvalue weighted by Crippen LogP contribution is 2.40. The smallest absolute Gasteiger partial charge is 0.387 e. The molecule has 0 aliphatic heterocycles. The zero-order valence-electron chi connectivity index (χ0n) is 16.7. The molecule has 0 saturated heterocycles. The summed E-state index contributed by atoms with van der Waals surface area (Å²) in [4.78, 5) is 0. The molecule has 31 heavy (non-hydrogen) atoms. The van der Waals surface area contributed by atoms with E-state index < -0.39 is 8.24 Å². The maximum Gasteiger partial charge on any atom is 0.387 e. The molecule has 5 aromatic carbocycles. The monoisotopic (exact) mass is 422 g/mol. The first-order valence-corrected chi connectivity index (χ1v) is 11.3. The molecule has 0 spiro atoms. The second kappa shape index (κ2) is 7.63. The van der Waals surface area contributed by atoms with Gasteiger partial charge in [0.1, 0.15) is 11.2 Å². The van der Waals surface area contributed by atoms with Gasteiger partial charge in [0.05, 0.1) is 6.61 Å². The Morgan fingerprint density at radius 1 is 0.548 bits per heavy atom. The molecule has 0 N–H and O–H groups in total. The Balaban J connectivity index is 1.70. The molecule has 0 saturated carbocycles. The van der Waals surface area contributed by atoms with E-state index in [0.29, 0.717) is 6.61 Å². The Bertz CT molecular complexity index is 1490. The lowest BCUT2D eigenvalue weighted by Gasteiger charge is -2.05. The molecule has 0 atom stereocenters. The van der Waals surface area contributed by atoms with Crippen molar-refractivity contribution in [3.8, 4) is 0 Å². The number of rotatable bonds is 3. The topological polar surface area (TPSA) is 35.5 Å². The van der Waals surface area contributed by atoms with Gasteiger partial charge in [-0.05, 0) is 39.2 Å². The molecular weight excluding hydrogens is 403 g/mol. The quantitative estimate of drug-likeness (QED) is 0.288. The summed E-state index contributed by atoms with van der Waals surface area (Å²) in [6, 6.07) is 35.1. The van der Waals surface area contributed by atoms with Crippen molar-refractivity contribution in [2.24, 2.45) is 0 Å². The van der Waals surface area contributed by atoms with Crippen LogP contribution in [0.25, 0.3) is 43.5 Å². The molecule has 0 radical (unpaired) electrons. The van der Waals surface area contributed by atoms with Gasteiger partial charge in [0.15, 0.2) is 0 Å². The molecule has 3 nitrogen and oxygen atoms in total. The molecular formula is C27H19O3P. The molecule has 6 rings (SSSR count). The third kappa shape index (κ3) is 3.29. The molecule has 1 aromatic heterocycles. The van der Waals surface area contributed by atoms with Crippen LogP contribution in [0.1, 0.15) is 5.56 Å². The highest BCUT2D eigenvalue weighted by atomic mass is 31.1. The number of fused-ring (bicyclic) bond motifs is 7. The molecule has 6 aromatic rings. The molecule has 0 aliphatic carbocycles. The molecule has 1 heterocycles. The number of benzene rings is 5. The van der Waals surface area contributed by atoms with Crippen LogP contribution < -0.4 is 4.52 Å². The Kier molecular flexibility index (Phi) is 4.49. The predicted octanol–water partition coefficient (Wildman–Crippen LogP) is 8.23. The Hall–Kier alpha value is -3.52. The fourth-order valence-electron chi connectivity index (χ4n) is 4.10. The van der Waals surface area contributed by atoms with Gasteiger partial charge in [0.25, 0.3) is 0 Å². The molecule has 0 unspecified atom stereocenters. The van der Waals surface area contributed by atoms with E-state index in [0.717, 1.165) is 38.3 Å². The van der Waals surface area contributed by atoms with Crippen LogP contribution >= 0.6 is 8.24 Å². The highest BCUT2D eigenvalue weighted by Gasteiger charge is 2.13. The van der Waals surface area contributed by atoms with Gasteiger partial charge in [0, 0.05) is 10.8 Å². The first-order chi connectivity index (χ1) is 15.4. The van der Waals surface area contributed by atoms with E-state index in [9.17, 15) is 0 Å². The minimum absolute atomic E-state index is 0.429. The minimum Gasteiger partial charge on any atom is -0.399 e. The zero-order chi connectivity index (χ0) is 20.6. The van der Waals surface area contributed by atoms with E-state index in [2.05, 4.69) is 60.7 Å². The number of hydrogen-bond donors (Lipinski definition) is 0. The second-order valence-electron chi connectivity index (χ2n) is 7.48. The molecule has 0 fully saturated rings. The van der Waals surface area contributed by atoms with Gasteiger partial charge >= 0.3 is 8.24 Å². The van der Waals surface area contributed by atoms with Crippen LogP contribution in [0.15, 0.2) is 112 Å². The lowest BCUT2D eigenvalue weighted by atomic mass is 9.99. The third-order valence-electron chi connectivity index (χ3n) is 5.56. The Labute approximate surface area is 180 Å². The maximum absolute atomic E-state index is 6.34. The van der Waals surface area contributed by atoms with Gasteiger partial charge in [-0.15, -0.1) is 0 Å². The fourth-order valence-corrected chi connectivity index (χ4v) is 5.13. The van der Waals surface area contributed by atoms with Crippen molar-refractivity contribution < 1.29 is 12.9 Å². The van der Waals surface area contributed by atoms with E-state index in [-0.39, 0.29) is 0 Å². The highest BCUT2D eigenvalue weighted by molar-refractivity contribution is 7.31. The fraction of sp³-hybridized carbons (Fsp3) is 0.0370. The summed E-state index contributed by atoms with van der Waals surface area (Å²) in [6.07, 6.45) is 0. The average molecular weight is 422 g/mol. The lowest BCUT2D eigenvalue weighted by Crippen LogP contribution is -1.91. The Morgan fingerprint density at radius 2 is 1.06 bits per heavy atom. The van der Waals surface area contributed by atoms with E-state index in [1.165, 1.54) is 10.8 Å². The van der Waals surface area contributed by atoms with E-state index >= 15 is 0 Å². The SMILES string of the molecule is c1ccc(COp2oc3ccc4ccccc4c3c3c(ccc4ccccc43)o2)cc1. The van der Waals surface area contributed by atoms with E-state index in [4.69, 9.17) is 12.9 Å². The van der Waals surface area contributed by atoms with Crippen LogP contribution in [0.4, 0.5) is 0 Å². The van der Waals surface area contributed by atoms with E-state index in [1.54, 1.807) is 0 Å². The first-order valence-electron chi connectivity index (χ1n) is 10.2. The first kappa shape index (κ1) is 18.3. The van der Waals surface area contributed by atoms with Crippen LogP contribution in [0.2, 0.25) is 0 Å². The largest absolute Gasteiger partial charge is 0.399 e. The maximum atomic E-state index is 6.34. The van der Waals surface area contributed by atoms with Gasteiger partial charge in [-0.25, -0.2) is 0 Å². The van der Waals surface area contributed by atoms with Crippen LogP contribution in [0.5, 0.6) is 0 Å². The molecule has 150 valence electrons. The summed E-state index contributed by atoms with van der Waals surface area (Å²) >= 11 is 0. The summed E-state index contributed by atoms with van der Waals surface area (Å²) in [6.45, 7) is 0.429. The molecule has 0 amide bonds. The van der Waals surface area contributed by atoms with Gasteiger partial charge < -0.3 is 8.39 Å². The summed E-state index contributed by atoms with van der Waals surface area (Å²) in [5, 5.41) is 6.72. The van der Waals surface area contributed by atoms with Crippen molar-refractivity contribution in [1.82, 2.24) is 0 Å². The second-order valence-corrected chi connectivity index (χ2v) is 8.56. The van der Waals surface area contributed by atoms with Crippen LogP contribution in [-0.2, 0) is 6.61 Å². The summed E-state index contributed by atoms with van der Waals surface area (Å²) in [7, 11) is -1.61. The summed E-state index contributed by atoms with van der Waals surface area (Å²) in [5.74, 6) is 0. The van der Waals surface area contributed by atoms with Crippen molar-refractivity contribution in [3.05, 3.63) is 109 Å². The van der Waals surface area contributed by atoms with Crippen LogP contribution in [-0.4, -0.2) is 0 Å². The summed E-state index contributed by atoms with van der Waals surface area (Å²) in [5.41, 5.74) is 2.65. The van der Waals surface area contributed by atoms with Gasteiger partial charge in [-0.1, -0.05) is 91.0 Å². The van der Waals surface area contributed by atoms with Crippen molar-refractivity contribution >= 4 is 51.7 Å². The van der Waals surface area contributed by atoms with Crippen molar-refractivity contribution in [2.75, 3.05) is 0 Å². The molecule has 0 bridgehead atoms. The normalized spacial score (nSPS) is 11.5. The third-order valence-corrected chi connectivity index (χ3v) is 6.59. The van der Waals surface area contributed by atoms with Gasteiger partial charge in [-0.3, -0.25) is 4.52 Å². The predicted molar refractivity (Wildman–Crippen MR) is 128 cm³/mol. The molecule has 0 aliphatic rings. The standard InChI is InChI=1S/C27H19O3P/c1-2-8-19(9-3-1)18-28-31-29-24-16-14-20-10-4-6-12-22(20)26(24)27-23-13-7-5-11-21(23)15-17-25(27)30-31/h1-17H,18H2. The van der Waals surface area contributed by atoms with E-state index in [1.807, 2.05) is 42.5 Å². The molecule has 4 heteroatoms. The average Bonchev–Trinajstić information content (AvgIpc) is 3.00. The van der Waals surface area contributed by atoms with Gasteiger partial charge in [-0.2, -0.15) is 0 Å². The van der Waals surface area contributed by atoms with Crippen LogP contribution in [0.3, 0.4) is 0 Å². The Morgan fingerprint density at radius 3 is 1.65 bits per heavy atom. The number of hydrogen-bond acceptors (Lipinski definition) is 3. The van der Waals surface area contributed by atoms with Gasteiger partial charge in [0.2, 0.25) is 0 Å². The van der Waals surface area contributed by atoms with Crippen molar-refractivity contribution in [1.29, 1.82) is 0 Å². The zero-order valence-corrected chi connectivity index (χ0v) is 17.6.